The fraction of sp³-hybridized carbons (Fsp3) is 0.480. The Balaban J connectivity index is 1.33. The van der Waals surface area contributed by atoms with Gasteiger partial charge in [0.25, 0.3) is 0 Å². The third-order valence-corrected chi connectivity index (χ3v) is 6.44. The van der Waals surface area contributed by atoms with Gasteiger partial charge in [0.2, 0.25) is 0 Å². The molecule has 8 heteroatoms. The molecule has 2 aromatic rings. The highest BCUT2D eigenvalue weighted by Gasteiger charge is 2.27. The molecule has 1 aromatic carbocycles. The van der Waals surface area contributed by atoms with Gasteiger partial charge in [-0.2, -0.15) is 0 Å². The average molecular weight is 453 g/mol. The fourth-order valence-electron chi connectivity index (χ4n) is 4.68. The zero-order valence-corrected chi connectivity index (χ0v) is 19.1. The molecule has 8 nitrogen and oxygen atoms in total. The number of carbonyl (C=O) groups is 2. The first kappa shape index (κ1) is 22.9. The molecule has 2 amide bonds. The van der Waals surface area contributed by atoms with Gasteiger partial charge < -0.3 is 25.4 Å². The summed E-state index contributed by atoms with van der Waals surface area (Å²) < 4.78 is 5.34. The Kier molecular flexibility index (Phi) is 7.32. The van der Waals surface area contributed by atoms with Gasteiger partial charge in [0.05, 0.1) is 13.5 Å². The van der Waals surface area contributed by atoms with E-state index >= 15 is 0 Å². The number of aryl methyl sites for hydroxylation is 2. The average Bonchev–Trinajstić information content (AvgIpc) is 3.00. The summed E-state index contributed by atoms with van der Waals surface area (Å²) in [7, 11) is 1.60. The van der Waals surface area contributed by atoms with Gasteiger partial charge in [-0.1, -0.05) is 12.1 Å². The number of hydrogen-bond acceptors (Lipinski definition) is 5. The number of carboxylic acid groups (broad SMARTS) is 1. The van der Waals surface area contributed by atoms with Crippen LogP contribution < -0.4 is 15.4 Å². The number of fused-ring (bicyclic) bond motifs is 2. The third-order valence-electron chi connectivity index (χ3n) is 6.44. The summed E-state index contributed by atoms with van der Waals surface area (Å²) >= 11 is 0. The van der Waals surface area contributed by atoms with Gasteiger partial charge in [-0.15, -0.1) is 0 Å². The summed E-state index contributed by atoms with van der Waals surface area (Å²) in [5, 5.41) is 15.7. The molecule has 0 aliphatic carbocycles. The van der Waals surface area contributed by atoms with Crippen LogP contribution in [0.5, 0.6) is 5.75 Å². The van der Waals surface area contributed by atoms with E-state index in [1.807, 2.05) is 18.2 Å². The zero-order valence-electron chi connectivity index (χ0n) is 19.1. The lowest BCUT2D eigenvalue weighted by Crippen LogP contribution is -2.40. The van der Waals surface area contributed by atoms with Crippen molar-refractivity contribution in [3.8, 4) is 5.75 Å². The first-order valence-electron chi connectivity index (χ1n) is 11.7. The van der Waals surface area contributed by atoms with Gasteiger partial charge >= 0.3 is 12.0 Å². The standard InChI is InChI=1S/C25H32N4O4/c1-33-21-8-9-22-18(15-23(30)31)10-13-29(16-19(22)14-21)25(32)27-12-3-5-20-7-6-17-4-2-11-26-24(17)28-20/h6-9,14,18H,2-5,10-13,15-16H2,1H3,(H,26,28)(H,27,32)(H,30,31). The Labute approximate surface area is 194 Å². The van der Waals surface area contributed by atoms with E-state index in [2.05, 4.69) is 22.8 Å². The molecule has 0 bridgehead atoms. The van der Waals surface area contributed by atoms with Crippen molar-refractivity contribution in [3.63, 3.8) is 0 Å². The zero-order chi connectivity index (χ0) is 23.2. The summed E-state index contributed by atoms with van der Waals surface area (Å²) in [6.45, 7) is 2.48. The van der Waals surface area contributed by atoms with Gasteiger partial charge in [-0.3, -0.25) is 4.79 Å². The van der Waals surface area contributed by atoms with Crippen LogP contribution in [0.1, 0.15) is 54.0 Å². The van der Waals surface area contributed by atoms with Gasteiger partial charge in [-0.05, 0) is 72.9 Å². The monoisotopic (exact) mass is 452 g/mol. The lowest BCUT2D eigenvalue weighted by Gasteiger charge is -2.22. The number of hydrogen-bond donors (Lipinski definition) is 3. The number of methoxy groups -OCH3 is 1. The molecule has 0 saturated heterocycles. The lowest BCUT2D eigenvalue weighted by molar-refractivity contribution is -0.137. The van der Waals surface area contributed by atoms with Crippen LogP contribution in [0, 0.1) is 0 Å². The topological polar surface area (TPSA) is 104 Å². The Bertz CT molecular complexity index is 1010. The van der Waals surface area contributed by atoms with Crippen molar-refractivity contribution >= 4 is 17.8 Å². The van der Waals surface area contributed by atoms with Crippen LogP contribution in [-0.2, 0) is 24.2 Å². The molecule has 33 heavy (non-hydrogen) atoms. The molecule has 1 atom stereocenters. The van der Waals surface area contributed by atoms with E-state index in [0.717, 1.165) is 54.9 Å². The molecule has 1 aromatic heterocycles. The number of carboxylic acids is 1. The van der Waals surface area contributed by atoms with Crippen LogP contribution in [-0.4, -0.2) is 53.7 Å². The van der Waals surface area contributed by atoms with E-state index < -0.39 is 5.97 Å². The second-order valence-corrected chi connectivity index (χ2v) is 8.75. The number of amides is 2. The molecule has 0 radical (unpaired) electrons. The highest BCUT2D eigenvalue weighted by molar-refractivity contribution is 5.74. The van der Waals surface area contributed by atoms with Crippen LogP contribution in [0.3, 0.4) is 0 Å². The van der Waals surface area contributed by atoms with Crippen molar-refractivity contribution in [2.45, 2.75) is 51.0 Å². The number of carbonyl (C=O) groups excluding carboxylic acids is 1. The lowest BCUT2D eigenvalue weighted by atomic mass is 9.90. The van der Waals surface area contributed by atoms with E-state index in [-0.39, 0.29) is 18.4 Å². The van der Waals surface area contributed by atoms with Gasteiger partial charge in [0, 0.05) is 31.9 Å². The van der Waals surface area contributed by atoms with Crippen molar-refractivity contribution in [1.82, 2.24) is 15.2 Å². The number of nitrogens with zero attached hydrogens (tertiary/aromatic N) is 2. The second kappa shape index (κ2) is 10.6. The molecule has 0 spiro atoms. The van der Waals surface area contributed by atoms with E-state index in [4.69, 9.17) is 9.72 Å². The van der Waals surface area contributed by atoms with E-state index in [1.165, 1.54) is 5.56 Å². The van der Waals surface area contributed by atoms with Crippen LogP contribution in [0.15, 0.2) is 30.3 Å². The smallest absolute Gasteiger partial charge is 0.317 e. The quantitative estimate of drug-likeness (QED) is 0.555. The van der Waals surface area contributed by atoms with Crippen LogP contribution in [0.4, 0.5) is 10.6 Å². The summed E-state index contributed by atoms with van der Waals surface area (Å²) in [6.07, 6.45) is 4.49. The molecule has 176 valence electrons. The van der Waals surface area contributed by atoms with Crippen molar-refractivity contribution in [3.05, 3.63) is 52.7 Å². The predicted molar refractivity (Wildman–Crippen MR) is 126 cm³/mol. The Morgan fingerprint density at radius 2 is 2.15 bits per heavy atom. The molecular weight excluding hydrogens is 420 g/mol. The molecule has 3 N–H and O–H groups in total. The number of nitrogens with one attached hydrogen (secondary N) is 2. The van der Waals surface area contributed by atoms with Crippen molar-refractivity contribution < 1.29 is 19.4 Å². The summed E-state index contributed by atoms with van der Waals surface area (Å²) in [4.78, 5) is 30.7. The molecule has 1 unspecified atom stereocenters. The molecule has 2 aliphatic rings. The molecule has 3 heterocycles. The number of aromatic nitrogens is 1. The maximum atomic E-state index is 12.9. The highest BCUT2D eigenvalue weighted by Crippen LogP contribution is 2.33. The number of urea groups is 1. The second-order valence-electron chi connectivity index (χ2n) is 8.75. The van der Waals surface area contributed by atoms with Crippen molar-refractivity contribution in [1.29, 1.82) is 0 Å². The minimum absolute atomic E-state index is 0.0530. The summed E-state index contributed by atoms with van der Waals surface area (Å²) in [5.74, 6) is 0.755. The van der Waals surface area contributed by atoms with Crippen LogP contribution in [0.2, 0.25) is 0 Å². The van der Waals surface area contributed by atoms with Crippen molar-refractivity contribution in [2.24, 2.45) is 0 Å². The number of ether oxygens (including phenoxy) is 1. The largest absolute Gasteiger partial charge is 0.497 e. The number of benzene rings is 1. The fourth-order valence-corrected chi connectivity index (χ4v) is 4.68. The van der Waals surface area contributed by atoms with Crippen LogP contribution in [0.25, 0.3) is 0 Å². The number of aliphatic carboxylic acids is 1. The number of anilines is 1. The SMILES string of the molecule is COc1ccc2c(c1)CN(C(=O)NCCCc1ccc3c(n1)NCCC3)CCC2CC(=O)O. The first-order valence-corrected chi connectivity index (χ1v) is 11.7. The maximum Gasteiger partial charge on any atom is 0.317 e. The third kappa shape index (κ3) is 5.74. The molecule has 2 aliphatic heterocycles. The van der Waals surface area contributed by atoms with E-state index in [9.17, 15) is 14.7 Å². The number of rotatable bonds is 7. The molecule has 4 rings (SSSR count). The summed E-state index contributed by atoms with van der Waals surface area (Å²) in [6, 6.07) is 9.80. The number of pyridine rings is 1. The molecule has 0 saturated carbocycles. The summed E-state index contributed by atoms with van der Waals surface area (Å²) in [5.41, 5.74) is 4.24. The molecule has 0 fully saturated rings. The first-order chi connectivity index (χ1) is 16.0. The van der Waals surface area contributed by atoms with E-state index in [1.54, 1.807) is 12.0 Å². The Morgan fingerprint density at radius 3 is 2.97 bits per heavy atom. The minimum Gasteiger partial charge on any atom is -0.497 e. The van der Waals surface area contributed by atoms with Gasteiger partial charge in [0.15, 0.2) is 0 Å². The minimum atomic E-state index is -0.828. The van der Waals surface area contributed by atoms with Crippen LogP contribution >= 0.6 is 0 Å². The van der Waals surface area contributed by atoms with E-state index in [0.29, 0.717) is 31.8 Å². The Hall–Kier alpha value is -3.29. The normalized spacial score (nSPS) is 17.2. The Morgan fingerprint density at radius 1 is 1.27 bits per heavy atom. The van der Waals surface area contributed by atoms with Gasteiger partial charge in [-0.25, -0.2) is 9.78 Å². The highest BCUT2D eigenvalue weighted by atomic mass is 16.5. The van der Waals surface area contributed by atoms with Gasteiger partial charge in [0.1, 0.15) is 11.6 Å². The molecular formula is C25H32N4O4. The van der Waals surface area contributed by atoms with Crippen molar-refractivity contribution in [2.75, 3.05) is 32.1 Å². The predicted octanol–water partition coefficient (Wildman–Crippen LogP) is 3.55. The maximum absolute atomic E-state index is 12.9.